The van der Waals surface area contributed by atoms with Crippen LogP contribution in [0, 0.1) is 6.92 Å². The maximum atomic E-state index is 11.7. The first-order valence-corrected chi connectivity index (χ1v) is 7.03. The minimum atomic E-state index is 0.0353. The van der Waals surface area contributed by atoms with Crippen LogP contribution >= 0.6 is 11.3 Å². The highest BCUT2D eigenvalue weighted by Gasteiger charge is 2.04. The largest absolute Gasteiger partial charge is 0.399 e. The van der Waals surface area contributed by atoms with Gasteiger partial charge in [0.1, 0.15) is 0 Å². The van der Waals surface area contributed by atoms with E-state index in [1.54, 1.807) is 11.3 Å². The second kappa shape index (κ2) is 6.33. The van der Waals surface area contributed by atoms with Crippen LogP contribution in [0.25, 0.3) is 0 Å². The fraction of sp³-hybridized carbons (Fsp3) is 0.286. The van der Waals surface area contributed by atoms with Gasteiger partial charge in [0.15, 0.2) is 0 Å². The van der Waals surface area contributed by atoms with E-state index in [0.29, 0.717) is 19.4 Å². The molecule has 0 radical (unpaired) electrons. The van der Waals surface area contributed by atoms with Gasteiger partial charge in [-0.25, -0.2) is 4.98 Å². The van der Waals surface area contributed by atoms with E-state index in [0.717, 1.165) is 22.0 Å². The molecule has 0 saturated heterocycles. The van der Waals surface area contributed by atoms with E-state index in [4.69, 9.17) is 5.73 Å². The van der Waals surface area contributed by atoms with Crippen molar-refractivity contribution in [2.75, 3.05) is 5.73 Å². The number of thiazole rings is 1. The molecule has 0 fully saturated rings. The van der Waals surface area contributed by atoms with Gasteiger partial charge < -0.3 is 11.1 Å². The lowest BCUT2D eigenvalue weighted by molar-refractivity contribution is -0.121. The van der Waals surface area contributed by atoms with Crippen LogP contribution in [-0.2, 0) is 17.8 Å². The predicted molar refractivity (Wildman–Crippen MR) is 77.9 cm³/mol. The summed E-state index contributed by atoms with van der Waals surface area (Å²) in [7, 11) is 0. The number of hydrogen-bond donors (Lipinski definition) is 2. The fourth-order valence-corrected chi connectivity index (χ4v) is 2.39. The van der Waals surface area contributed by atoms with Crippen LogP contribution in [0.2, 0.25) is 0 Å². The molecule has 3 N–H and O–H groups in total. The highest BCUT2D eigenvalue weighted by atomic mass is 32.1. The van der Waals surface area contributed by atoms with Crippen molar-refractivity contribution in [1.82, 2.24) is 10.3 Å². The summed E-state index contributed by atoms with van der Waals surface area (Å²) in [6.07, 6.45) is 1.17. The SMILES string of the molecule is Cc1nc(CNC(=O)CCc2cccc(N)c2)cs1. The van der Waals surface area contributed by atoms with Crippen molar-refractivity contribution in [3.8, 4) is 0 Å². The summed E-state index contributed by atoms with van der Waals surface area (Å²) in [6.45, 7) is 2.45. The number of nitrogens with one attached hydrogen (secondary N) is 1. The molecule has 1 aromatic heterocycles. The Morgan fingerprint density at radius 1 is 1.47 bits per heavy atom. The summed E-state index contributed by atoms with van der Waals surface area (Å²) < 4.78 is 0. The zero-order valence-corrected chi connectivity index (χ0v) is 11.7. The summed E-state index contributed by atoms with van der Waals surface area (Å²) in [5.74, 6) is 0.0353. The van der Waals surface area contributed by atoms with E-state index in [1.807, 2.05) is 36.6 Å². The number of nitrogens with two attached hydrogens (primary N) is 1. The summed E-state index contributed by atoms with van der Waals surface area (Å²) in [5.41, 5.74) is 8.43. The zero-order chi connectivity index (χ0) is 13.7. The summed E-state index contributed by atoms with van der Waals surface area (Å²) in [4.78, 5) is 16.0. The van der Waals surface area contributed by atoms with Crippen LogP contribution in [0.5, 0.6) is 0 Å². The number of rotatable bonds is 5. The molecule has 2 aromatic rings. The Hall–Kier alpha value is -1.88. The van der Waals surface area contributed by atoms with E-state index in [1.165, 1.54) is 0 Å². The Labute approximate surface area is 116 Å². The third-order valence-electron chi connectivity index (χ3n) is 2.73. The smallest absolute Gasteiger partial charge is 0.220 e. The number of benzene rings is 1. The van der Waals surface area contributed by atoms with Gasteiger partial charge in [-0.15, -0.1) is 11.3 Å². The first-order chi connectivity index (χ1) is 9.13. The Kier molecular flexibility index (Phi) is 4.52. The maximum absolute atomic E-state index is 11.7. The second-order valence-electron chi connectivity index (χ2n) is 4.38. The minimum absolute atomic E-state index is 0.0353. The second-order valence-corrected chi connectivity index (χ2v) is 5.44. The highest BCUT2D eigenvalue weighted by Crippen LogP contribution is 2.09. The number of carbonyl (C=O) groups excluding carboxylic acids is 1. The molecule has 0 saturated carbocycles. The van der Waals surface area contributed by atoms with Crippen LogP contribution in [0.3, 0.4) is 0 Å². The monoisotopic (exact) mass is 275 g/mol. The van der Waals surface area contributed by atoms with Crippen LogP contribution in [0.4, 0.5) is 5.69 Å². The Balaban J connectivity index is 1.75. The molecule has 1 amide bonds. The van der Waals surface area contributed by atoms with Crippen LogP contribution in [0.1, 0.15) is 22.7 Å². The summed E-state index contributed by atoms with van der Waals surface area (Å²) in [6, 6.07) is 7.62. The third kappa shape index (κ3) is 4.37. The minimum Gasteiger partial charge on any atom is -0.399 e. The standard InChI is InChI=1S/C14H17N3OS/c1-10-17-13(9-19-10)8-16-14(18)6-5-11-3-2-4-12(15)7-11/h2-4,7,9H,5-6,8,15H2,1H3,(H,16,18). The molecule has 100 valence electrons. The van der Waals surface area contributed by atoms with Crippen molar-refractivity contribution in [3.05, 3.63) is 45.9 Å². The van der Waals surface area contributed by atoms with Gasteiger partial charge >= 0.3 is 0 Å². The van der Waals surface area contributed by atoms with Gasteiger partial charge in [-0.2, -0.15) is 0 Å². The number of nitrogens with zero attached hydrogens (tertiary/aromatic N) is 1. The van der Waals surface area contributed by atoms with E-state index in [9.17, 15) is 4.79 Å². The van der Waals surface area contributed by atoms with Gasteiger partial charge in [-0.1, -0.05) is 12.1 Å². The van der Waals surface area contributed by atoms with Crippen LogP contribution < -0.4 is 11.1 Å². The lowest BCUT2D eigenvalue weighted by Gasteiger charge is -2.04. The molecule has 0 aliphatic carbocycles. The molecule has 0 unspecified atom stereocenters. The maximum Gasteiger partial charge on any atom is 0.220 e. The molecule has 4 nitrogen and oxygen atoms in total. The number of carbonyl (C=O) groups is 1. The van der Waals surface area contributed by atoms with E-state index < -0.39 is 0 Å². The Morgan fingerprint density at radius 2 is 2.32 bits per heavy atom. The van der Waals surface area contributed by atoms with Gasteiger partial charge in [0, 0.05) is 17.5 Å². The Morgan fingerprint density at radius 3 is 3.00 bits per heavy atom. The molecule has 0 aliphatic rings. The number of amides is 1. The van der Waals surface area contributed by atoms with Gasteiger partial charge in [0.25, 0.3) is 0 Å². The predicted octanol–water partition coefficient (Wildman–Crippen LogP) is 2.28. The molecule has 0 aliphatic heterocycles. The number of anilines is 1. The molecule has 19 heavy (non-hydrogen) atoms. The summed E-state index contributed by atoms with van der Waals surface area (Å²) in [5, 5.41) is 5.85. The van der Waals surface area contributed by atoms with Crippen molar-refractivity contribution in [3.63, 3.8) is 0 Å². The van der Waals surface area contributed by atoms with Gasteiger partial charge in [0.05, 0.1) is 17.2 Å². The first kappa shape index (κ1) is 13.5. The molecule has 2 rings (SSSR count). The highest BCUT2D eigenvalue weighted by molar-refractivity contribution is 7.09. The van der Waals surface area contributed by atoms with Crippen molar-refractivity contribution in [2.45, 2.75) is 26.3 Å². The lowest BCUT2D eigenvalue weighted by atomic mass is 10.1. The first-order valence-electron chi connectivity index (χ1n) is 6.15. The molecular formula is C14H17N3OS. The zero-order valence-electron chi connectivity index (χ0n) is 10.8. The molecule has 0 atom stereocenters. The third-order valence-corrected chi connectivity index (χ3v) is 3.55. The van der Waals surface area contributed by atoms with Crippen molar-refractivity contribution in [1.29, 1.82) is 0 Å². The normalized spacial score (nSPS) is 10.4. The molecule has 1 heterocycles. The molecule has 1 aromatic carbocycles. The number of hydrogen-bond acceptors (Lipinski definition) is 4. The van der Waals surface area contributed by atoms with Gasteiger partial charge in [-0.3, -0.25) is 4.79 Å². The average Bonchev–Trinajstić information content (AvgIpc) is 2.80. The fourth-order valence-electron chi connectivity index (χ4n) is 1.77. The molecular weight excluding hydrogens is 258 g/mol. The topological polar surface area (TPSA) is 68.0 Å². The summed E-state index contributed by atoms with van der Waals surface area (Å²) >= 11 is 1.59. The number of aryl methyl sites for hydroxylation is 2. The quantitative estimate of drug-likeness (QED) is 0.823. The number of nitrogen functional groups attached to an aromatic ring is 1. The van der Waals surface area contributed by atoms with Crippen LogP contribution in [-0.4, -0.2) is 10.9 Å². The number of aromatic nitrogens is 1. The average molecular weight is 275 g/mol. The van der Waals surface area contributed by atoms with Crippen LogP contribution in [0.15, 0.2) is 29.6 Å². The lowest BCUT2D eigenvalue weighted by Crippen LogP contribution is -2.23. The van der Waals surface area contributed by atoms with Crippen molar-refractivity contribution in [2.24, 2.45) is 0 Å². The van der Waals surface area contributed by atoms with Crippen molar-refractivity contribution >= 4 is 22.9 Å². The molecule has 5 heteroatoms. The van der Waals surface area contributed by atoms with E-state index >= 15 is 0 Å². The van der Waals surface area contributed by atoms with Gasteiger partial charge in [-0.05, 0) is 31.0 Å². The van der Waals surface area contributed by atoms with Gasteiger partial charge in [0.2, 0.25) is 5.91 Å². The van der Waals surface area contributed by atoms with E-state index in [-0.39, 0.29) is 5.91 Å². The molecule has 0 spiro atoms. The molecule has 0 bridgehead atoms. The Bertz CT molecular complexity index is 565. The van der Waals surface area contributed by atoms with Crippen molar-refractivity contribution < 1.29 is 4.79 Å². The van der Waals surface area contributed by atoms with E-state index in [2.05, 4.69) is 10.3 Å².